The van der Waals surface area contributed by atoms with Gasteiger partial charge in [0.1, 0.15) is 5.52 Å². The highest BCUT2D eigenvalue weighted by atomic mass is 15.1. The Morgan fingerprint density at radius 2 is 1.94 bits per heavy atom. The minimum atomic E-state index is 0.704. The maximum atomic E-state index is 4.94. The van der Waals surface area contributed by atoms with E-state index in [0.29, 0.717) is 11.5 Å². The number of benzene rings is 1. The van der Waals surface area contributed by atoms with E-state index in [1.165, 1.54) is 5.57 Å². The van der Waals surface area contributed by atoms with Gasteiger partial charge in [-0.15, -0.1) is 0 Å². The number of aromatic nitrogens is 6. The van der Waals surface area contributed by atoms with Crippen LogP contribution in [0.2, 0.25) is 0 Å². The van der Waals surface area contributed by atoms with Crippen LogP contribution in [0.1, 0.15) is 17.5 Å². The average molecular weight is 434 g/mol. The molecular weight excluding hydrogens is 410 g/mol. The SMILES string of the molecule is CN(C)Cc1cncc(-c2ccc3[nH]nc(-c4nc5c(C6=CCC=C6)cccc5[nH]4)c3n2)c1. The number of aromatic amines is 2. The van der Waals surface area contributed by atoms with Gasteiger partial charge in [0, 0.05) is 30.1 Å². The zero-order valence-corrected chi connectivity index (χ0v) is 18.5. The Morgan fingerprint density at radius 3 is 2.79 bits per heavy atom. The van der Waals surface area contributed by atoms with E-state index in [0.717, 1.165) is 57.4 Å². The maximum Gasteiger partial charge on any atom is 0.161 e. The number of nitrogens with one attached hydrogen (secondary N) is 2. The van der Waals surface area contributed by atoms with Crippen molar-refractivity contribution in [2.24, 2.45) is 0 Å². The van der Waals surface area contributed by atoms with Gasteiger partial charge in [0.2, 0.25) is 0 Å². The van der Waals surface area contributed by atoms with Crippen molar-refractivity contribution in [2.75, 3.05) is 14.1 Å². The van der Waals surface area contributed by atoms with Crippen LogP contribution in [0.5, 0.6) is 0 Å². The second-order valence-electron chi connectivity index (χ2n) is 8.57. The Balaban J connectivity index is 1.45. The molecule has 0 radical (unpaired) electrons. The van der Waals surface area contributed by atoms with E-state index in [4.69, 9.17) is 9.97 Å². The highest BCUT2D eigenvalue weighted by molar-refractivity contribution is 5.96. The minimum absolute atomic E-state index is 0.704. The van der Waals surface area contributed by atoms with Crippen LogP contribution >= 0.6 is 0 Å². The van der Waals surface area contributed by atoms with Gasteiger partial charge < -0.3 is 9.88 Å². The molecule has 0 amide bonds. The number of hydrogen-bond donors (Lipinski definition) is 2. The van der Waals surface area contributed by atoms with Crippen LogP contribution in [-0.4, -0.2) is 49.1 Å². The van der Waals surface area contributed by atoms with Crippen molar-refractivity contribution in [3.05, 3.63) is 78.1 Å². The first-order valence-electron chi connectivity index (χ1n) is 11.0. The maximum absolute atomic E-state index is 4.94. The average Bonchev–Trinajstić information content (AvgIpc) is 3.57. The zero-order valence-electron chi connectivity index (χ0n) is 18.5. The Kier molecular flexibility index (Phi) is 4.62. The molecule has 2 N–H and O–H groups in total. The number of rotatable bonds is 5. The number of nitrogens with zero attached hydrogens (tertiary/aromatic N) is 5. The predicted molar refractivity (Wildman–Crippen MR) is 131 cm³/mol. The van der Waals surface area contributed by atoms with Crippen LogP contribution in [0.3, 0.4) is 0 Å². The second kappa shape index (κ2) is 7.79. The van der Waals surface area contributed by atoms with Gasteiger partial charge in [0.05, 0.1) is 22.2 Å². The molecule has 0 spiro atoms. The molecule has 0 bridgehead atoms. The van der Waals surface area contributed by atoms with Crippen molar-refractivity contribution in [2.45, 2.75) is 13.0 Å². The number of para-hydroxylation sites is 1. The van der Waals surface area contributed by atoms with Gasteiger partial charge in [-0.1, -0.05) is 30.4 Å². The van der Waals surface area contributed by atoms with Crippen molar-refractivity contribution in [1.29, 1.82) is 0 Å². The van der Waals surface area contributed by atoms with Gasteiger partial charge in [-0.05, 0) is 55.9 Å². The quantitative estimate of drug-likeness (QED) is 0.409. The summed E-state index contributed by atoms with van der Waals surface area (Å²) in [4.78, 5) is 19.9. The van der Waals surface area contributed by atoms with E-state index < -0.39 is 0 Å². The van der Waals surface area contributed by atoms with Gasteiger partial charge in [-0.25, -0.2) is 9.97 Å². The molecule has 4 aromatic heterocycles. The normalized spacial score (nSPS) is 13.5. The van der Waals surface area contributed by atoms with Crippen molar-refractivity contribution < 1.29 is 0 Å². The Labute approximate surface area is 190 Å². The molecular formula is C26H23N7. The van der Waals surface area contributed by atoms with E-state index in [1.54, 1.807) is 0 Å². The summed E-state index contributed by atoms with van der Waals surface area (Å²) in [6, 6.07) is 12.4. The first-order chi connectivity index (χ1) is 16.2. The summed E-state index contributed by atoms with van der Waals surface area (Å²) >= 11 is 0. The van der Waals surface area contributed by atoms with Gasteiger partial charge >= 0.3 is 0 Å². The topological polar surface area (TPSA) is 86.4 Å². The molecule has 0 saturated heterocycles. The highest BCUT2D eigenvalue weighted by Gasteiger charge is 2.17. The third kappa shape index (κ3) is 3.52. The van der Waals surface area contributed by atoms with Crippen molar-refractivity contribution in [3.8, 4) is 22.8 Å². The zero-order chi connectivity index (χ0) is 22.4. The standard InChI is InChI=1S/C26H23N7/c1-33(2)15-16-12-18(14-27-13-16)20-10-11-22-24(28-20)25(32-31-22)26-29-21-9-5-8-19(23(21)30-26)17-6-3-4-7-17/h3,5-14H,4,15H2,1-2H3,(H,29,30)(H,31,32). The molecule has 7 heteroatoms. The van der Waals surface area contributed by atoms with Crippen LogP contribution in [0, 0.1) is 0 Å². The molecule has 1 aromatic carbocycles. The molecule has 0 atom stereocenters. The van der Waals surface area contributed by atoms with E-state index >= 15 is 0 Å². The van der Waals surface area contributed by atoms with E-state index in [1.807, 2.05) is 44.7 Å². The van der Waals surface area contributed by atoms with Crippen molar-refractivity contribution in [1.82, 2.24) is 35.0 Å². The second-order valence-corrected chi connectivity index (χ2v) is 8.57. The van der Waals surface area contributed by atoms with Crippen LogP contribution in [0.15, 0.2) is 67.0 Å². The number of pyridine rings is 2. The lowest BCUT2D eigenvalue weighted by molar-refractivity contribution is 0.402. The Bertz CT molecular complexity index is 1550. The summed E-state index contributed by atoms with van der Waals surface area (Å²) in [6.07, 6.45) is 11.2. The fourth-order valence-corrected chi connectivity index (χ4v) is 4.34. The largest absolute Gasteiger partial charge is 0.336 e. The smallest absolute Gasteiger partial charge is 0.161 e. The number of fused-ring (bicyclic) bond motifs is 2. The van der Waals surface area contributed by atoms with Gasteiger partial charge in [-0.2, -0.15) is 5.10 Å². The van der Waals surface area contributed by atoms with E-state index in [9.17, 15) is 0 Å². The lowest BCUT2D eigenvalue weighted by atomic mass is 10.1. The van der Waals surface area contributed by atoms with Crippen molar-refractivity contribution >= 4 is 27.6 Å². The Morgan fingerprint density at radius 1 is 1.00 bits per heavy atom. The predicted octanol–water partition coefficient (Wildman–Crippen LogP) is 4.97. The molecule has 4 heterocycles. The monoisotopic (exact) mass is 433 g/mol. The fourth-order valence-electron chi connectivity index (χ4n) is 4.34. The molecule has 33 heavy (non-hydrogen) atoms. The van der Waals surface area contributed by atoms with Crippen molar-refractivity contribution in [3.63, 3.8) is 0 Å². The molecule has 1 aliphatic carbocycles. The number of H-pyrrole nitrogens is 2. The fraction of sp³-hybridized carbons (Fsp3) is 0.154. The third-order valence-corrected chi connectivity index (χ3v) is 5.82. The van der Waals surface area contributed by atoms with E-state index in [-0.39, 0.29) is 0 Å². The number of allylic oxidation sites excluding steroid dienone is 4. The molecule has 0 aliphatic heterocycles. The molecule has 0 unspecified atom stereocenters. The van der Waals surface area contributed by atoms with Gasteiger partial charge in [0.15, 0.2) is 11.5 Å². The summed E-state index contributed by atoms with van der Waals surface area (Å²) < 4.78 is 0. The molecule has 5 aromatic rings. The first kappa shape index (κ1) is 19.6. The molecule has 162 valence electrons. The summed E-state index contributed by atoms with van der Waals surface area (Å²) in [6.45, 7) is 0.826. The molecule has 0 saturated carbocycles. The number of imidazole rings is 1. The molecule has 1 aliphatic rings. The van der Waals surface area contributed by atoms with Crippen LogP contribution < -0.4 is 0 Å². The van der Waals surface area contributed by atoms with Crippen LogP contribution in [0.25, 0.3) is 50.4 Å². The first-order valence-corrected chi connectivity index (χ1v) is 11.0. The summed E-state index contributed by atoms with van der Waals surface area (Å²) in [5.41, 5.74) is 9.60. The molecule has 0 fully saturated rings. The lowest BCUT2D eigenvalue weighted by Crippen LogP contribution is -2.10. The Hall–Kier alpha value is -4.10. The van der Waals surface area contributed by atoms with Gasteiger partial charge in [-0.3, -0.25) is 10.1 Å². The van der Waals surface area contributed by atoms with E-state index in [2.05, 4.69) is 61.5 Å². The van der Waals surface area contributed by atoms with Crippen LogP contribution in [0.4, 0.5) is 0 Å². The minimum Gasteiger partial charge on any atom is -0.336 e. The lowest BCUT2D eigenvalue weighted by Gasteiger charge is -2.10. The highest BCUT2D eigenvalue weighted by Crippen LogP contribution is 2.31. The number of hydrogen-bond acceptors (Lipinski definition) is 5. The molecule has 7 nitrogen and oxygen atoms in total. The molecule has 6 rings (SSSR count). The summed E-state index contributed by atoms with van der Waals surface area (Å²) in [5, 5.41) is 7.65. The van der Waals surface area contributed by atoms with Gasteiger partial charge in [0.25, 0.3) is 0 Å². The van der Waals surface area contributed by atoms with Crippen LogP contribution in [-0.2, 0) is 6.54 Å². The summed E-state index contributed by atoms with van der Waals surface area (Å²) in [5.74, 6) is 0.704. The third-order valence-electron chi connectivity index (χ3n) is 5.82. The summed E-state index contributed by atoms with van der Waals surface area (Å²) in [7, 11) is 4.10.